The zero-order chi connectivity index (χ0) is 21.5. The van der Waals surface area contributed by atoms with Crippen molar-refractivity contribution in [2.45, 2.75) is 32.4 Å². The molecule has 1 aliphatic rings. The topological polar surface area (TPSA) is 107 Å². The Morgan fingerprint density at radius 3 is 2.77 bits per heavy atom. The number of para-hydroxylation sites is 1. The van der Waals surface area contributed by atoms with Gasteiger partial charge in [-0.25, -0.2) is 0 Å². The fourth-order valence-corrected chi connectivity index (χ4v) is 3.88. The number of nitriles is 1. The Balaban J connectivity index is 1.71. The number of hydrogen-bond acceptors (Lipinski definition) is 8. The fourth-order valence-electron chi connectivity index (χ4n) is 3.88. The second-order valence-electron chi connectivity index (χ2n) is 7.98. The van der Waals surface area contributed by atoms with Crippen LogP contribution in [0, 0.1) is 18.3 Å². The number of fused-ring (bicyclic) bond motifs is 1. The van der Waals surface area contributed by atoms with Crippen LogP contribution in [0.15, 0.2) is 30.5 Å². The smallest absolute Gasteiger partial charge is 0.158 e. The summed E-state index contributed by atoms with van der Waals surface area (Å²) in [5.74, 6) is 1.15. The number of aliphatic hydroxyl groups is 1. The molecule has 1 atom stereocenters. The number of pyridine rings is 1. The van der Waals surface area contributed by atoms with Crippen LogP contribution in [0.3, 0.4) is 0 Å². The van der Waals surface area contributed by atoms with E-state index in [4.69, 9.17) is 4.74 Å². The van der Waals surface area contributed by atoms with E-state index in [0.717, 1.165) is 27.8 Å². The second-order valence-corrected chi connectivity index (χ2v) is 7.98. The lowest BCUT2D eigenvalue weighted by atomic mass is 9.96. The lowest BCUT2D eigenvalue weighted by molar-refractivity contribution is 0.0310. The predicted octanol–water partition coefficient (Wildman–Crippen LogP) is 2.96. The highest BCUT2D eigenvalue weighted by molar-refractivity contribution is 5.92. The van der Waals surface area contributed by atoms with Gasteiger partial charge in [-0.15, -0.1) is 5.10 Å². The molecule has 1 fully saturated rings. The van der Waals surface area contributed by atoms with Crippen molar-refractivity contribution in [3.05, 3.63) is 47.3 Å². The molecule has 0 bridgehead atoms. The van der Waals surface area contributed by atoms with Crippen LogP contribution in [-0.4, -0.2) is 46.1 Å². The number of ether oxygens (including phenoxy) is 1. The Labute approximate surface area is 175 Å². The van der Waals surface area contributed by atoms with E-state index in [1.54, 1.807) is 19.4 Å². The zero-order valence-corrected chi connectivity index (χ0v) is 17.5. The zero-order valence-electron chi connectivity index (χ0n) is 17.5. The van der Waals surface area contributed by atoms with Gasteiger partial charge in [-0.3, -0.25) is 4.98 Å². The maximum absolute atomic E-state index is 10.1. The molecule has 2 N–H and O–H groups in total. The highest BCUT2D eigenvalue weighted by atomic mass is 16.5. The average molecular weight is 404 g/mol. The Hall–Kier alpha value is -3.44. The van der Waals surface area contributed by atoms with Crippen molar-refractivity contribution in [2.24, 2.45) is 0 Å². The Bertz CT molecular complexity index is 1150. The molecule has 0 unspecified atom stereocenters. The Kier molecular flexibility index (Phi) is 4.92. The number of rotatable bonds is 5. The van der Waals surface area contributed by atoms with Gasteiger partial charge >= 0.3 is 0 Å². The van der Waals surface area contributed by atoms with Crippen LogP contribution in [0.2, 0.25) is 0 Å². The van der Waals surface area contributed by atoms with Gasteiger partial charge in [-0.2, -0.15) is 10.4 Å². The van der Waals surface area contributed by atoms with Gasteiger partial charge in [0.05, 0.1) is 47.4 Å². The minimum Gasteiger partial charge on any atom is -0.495 e. The van der Waals surface area contributed by atoms with Crippen molar-refractivity contribution in [3.63, 3.8) is 0 Å². The lowest BCUT2D eigenvalue weighted by Gasteiger charge is -2.45. The van der Waals surface area contributed by atoms with Gasteiger partial charge in [0.15, 0.2) is 5.82 Å². The third-order valence-corrected chi connectivity index (χ3v) is 5.39. The van der Waals surface area contributed by atoms with Crippen molar-refractivity contribution in [1.29, 1.82) is 5.26 Å². The standard InChI is InChI=1S/C22H24N6O2/c1-13(17-7-5-6-15(9-23)20(17)30-4)25-21-18-8-16(28-11-22(3,29)12-28)10-24-19(18)14(2)26-27-21/h5-8,10,13,29H,11-12H2,1-4H3,(H,25,27)/t13-/m1/s1. The Morgan fingerprint density at radius 2 is 2.10 bits per heavy atom. The maximum atomic E-state index is 10.1. The molecule has 2 aromatic heterocycles. The van der Waals surface area contributed by atoms with Crippen LogP contribution in [-0.2, 0) is 0 Å². The van der Waals surface area contributed by atoms with Crippen LogP contribution in [0.4, 0.5) is 11.5 Å². The number of anilines is 2. The number of hydrogen-bond donors (Lipinski definition) is 2. The molecular formula is C22H24N6O2. The van der Waals surface area contributed by atoms with Crippen molar-refractivity contribution in [3.8, 4) is 11.8 Å². The minimum atomic E-state index is -0.667. The van der Waals surface area contributed by atoms with Crippen LogP contribution < -0.4 is 15.0 Å². The van der Waals surface area contributed by atoms with E-state index in [9.17, 15) is 10.4 Å². The summed E-state index contributed by atoms with van der Waals surface area (Å²) in [7, 11) is 1.56. The van der Waals surface area contributed by atoms with Crippen LogP contribution in [0.5, 0.6) is 5.75 Å². The molecule has 1 saturated heterocycles. The monoisotopic (exact) mass is 404 g/mol. The number of methoxy groups -OCH3 is 1. The van der Waals surface area contributed by atoms with Crippen molar-refractivity contribution >= 4 is 22.4 Å². The quantitative estimate of drug-likeness (QED) is 0.668. The summed E-state index contributed by atoms with van der Waals surface area (Å²) in [5.41, 5.74) is 3.12. The van der Waals surface area contributed by atoms with E-state index < -0.39 is 5.60 Å². The summed E-state index contributed by atoms with van der Waals surface area (Å²) in [6.07, 6.45) is 1.80. The highest BCUT2D eigenvalue weighted by Gasteiger charge is 2.36. The molecule has 0 saturated carbocycles. The van der Waals surface area contributed by atoms with Crippen LogP contribution >= 0.6 is 0 Å². The van der Waals surface area contributed by atoms with Gasteiger partial charge < -0.3 is 20.1 Å². The summed E-state index contributed by atoms with van der Waals surface area (Å²) in [6, 6.07) is 9.50. The molecule has 0 spiro atoms. The van der Waals surface area contributed by atoms with Crippen LogP contribution in [0.1, 0.15) is 36.7 Å². The summed E-state index contributed by atoms with van der Waals surface area (Å²) in [5, 5.41) is 32.3. The first-order valence-electron chi connectivity index (χ1n) is 9.77. The first-order valence-corrected chi connectivity index (χ1v) is 9.77. The minimum absolute atomic E-state index is 0.179. The van der Waals surface area contributed by atoms with Crippen molar-refractivity contribution in [2.75, 3.05) is 30.4 Å². The Morgan fingerprint density at radius 1 is 1.33 bits per heavy atom. The third kappa shape index (κ3) is 3.48. The molecule has 3 heterocycles. The molecule has 8 nitrogen and oxygen atoms in total. The molecule has 0 amide bonds. The predicted molar refractivity (Wildman–Crippen MR) is 115 cm³/mol. The number of β-amino-alcohol motifs (C(OH)–C–C–N with tert-alkyl or cyclic N) is 1. The normalized spacial score (nSPS) is 15.9. The molecule has 8 heteroatoms. The fraction of sp³-hybridized carbons (Fsp3) is 0.364. The molecule has 4 rings (SSSR count). The number of aromatic nitrogens is 3. The largest absolute Gasteiger partial charge is 0.495 e. The molecule has 1 aliphatic heterocycles. The van der Waals surface area contributed by atoms with E-state index >= 15 is 0 Å². The number of benzene rings is 1. The third-order valence-electron chi connectivity index (χ3n) is 5.39. The van der Waals surface area contributed by atoms with E-state index in [-0.39, 0.29) is 6.04 Å². The highest BCUT2D eigenvalue weighted by Crippen LogP contribution is 2.34. The van der Waals surface area contributed by atoms with Crippen LogP contribution in [0.25, 0.3) is 10.9 Å². The second kappa shape index (κ2) is 7.43. The van der Waals surface area contributed by atoms with E-state index in [1.165, 1.54) is 0 Å². The van der Waals surface area contributed by atoms with E-state index in [0.29, 0.717) is 30.2 Å². The van der Waals surface area contributed by atoms with Gasteiger partial charge in [0, 0.05) is 24.0 Å². The summed E-state index contributed by atoms with van der Waals surface area (Å²) < 4.78 is 5.48. The molecule has 0 aliphatic carbocycles. The van der Waals surface area contributed by atoms with Crippen molar-refractivity contribution < 1.29 is 9.84 Å². The molecule has 0 radical (unpaired) electrons. The van der Waals surface area contributed by atoms with Crippen molar-refractivity contribution in [1.82, 2.24) is 15.2 Å². The number of aryl methyl sites for hydroxylation is 1. The van der Waals surface area contributed by atoms with Gasteiger partial charge in [-0.05, 0) is 32.9 Å². The van der Waals surface area contributed by atoms with E-state index in [1.807, 2.05) is 39.0 Å². The first kappa shape index (κ1) is 19.9. The van der Waals surface area contributed by atoms with Gasteiger partial charge in [0.1, 0.15) is 11.8 Å². The maximum Gasteiger partial charge on any atom is 0.158 e. The molecular weight excluding hydrogens is 380 g/mol. The molecule has 154 valence electrons. The van der Waals surface area contributed by atoms with Gasteiger partial charge in [0.2, 0.25) is 0 Å². The lowest BCUT2D eigenvalue weighted by Crippen LogP contribution is -2.60. The SMILES string of the molecule is COc1c(C#N)cccc1[C@@H](C)Nc1nnc(C)c2ncc(N3CC(C)(O)C3)cc12. The number of nitrogens with one attached hydrogen (secondary N) is 1. The summed E-state index contributed by atoms with van der Waals surface area (Å²) in [4.78, 5) is 6.68. The van der Waals surface area contributed by atoms with E-state index in [2.05, 4.69) is 31.5 Å². The molecule has 1 aromatic carbocycles. The van der Waals surface area contributed by atoms with Gasteiger partial charge in [-0.1, -0.05) is 12.1 Å². The summed E-state index contributed by atoms with van der Waals surface area (Å²) >= 11 is 0. The first-order chi connectivity index (χ1) is 14.3. The molecule has 30 heavy (non-hydrogen) atoms. The number of nitrogens with zero attached hydrogens (tertiary/aromatic N) is 5. The van der Waals surface area contributed by atoms with Gasteiger partial charge in [0.25, 0.3) is 0 Å². The average Bonchev–Trinajstić information content (AvgIpc) is 2.72. The molecule has 3 aromatic rings. The summed E-state index contributed by atoms with van der Waals surface area (Å²) in [6.45, 7) is 6.81.